The van der Waals surface area contributed by atoms with Gasteiger partial charge in [-0.25, -0.2) is 0 Å². The maximum atomic E-state index is 11.4. The van der Waals surface area contributed by atoms with Crippen LogP contribution in [0.5, 0.6) is 0 Å². The van der Waals surface area contributed by atoms with Crippen molar-refractivity contribution in [1.82, 2.24) is 10.6 Å². The maximum Gasteiger partial charge on any atom is 0.243 e. The van der Waals surface area contributed by atoms with Gasteiger partial charge in [0.25, 0.3) is 0 Å². The summed E-state index contributed by atoms with van der Waals surface area (Å²) in [6.07, 6.45) is 7.79. The first kappa shape index (κ1) is 15.3. The van der Waals surface area contributed by atoms with Gasteiger partial charge in [0, 0.05) is 13.1 Å². The number of carbonyl (C=O) groups is 2. The van der Waals surface area contributed by atoms with Gasteiger partial charge in [-0.2, -0.15) is 0 Å². The molecule has 4 heteroatoms. The lowest BCUT2D eigenvalue weighted by Gasteiger charge is -2.31. The molecular weight excluding hydrogens is 276 g/mol. The summed E-state index contributed by atoms with van der Waals surface area (Å²) in [6.45, 7) is 8.59. The summed E-state index contributed by atoms with van der Waals surface area (Å²) in [5, 5.41) is 5.92. The van der Waals surface area contributed by atoms with Crippen LogP contribution in [-0.2, 0) is 9.59 Å². The summed E-state index contributed by atoms with van der Waals surface area (Å²) in [7, 11) is 0. The fraction of sp³-hybridized carbons (Fsp3) is 0.667. The third-order valence-electron chi connectivity index (χ3n) is 6.18. The first-order valence-corrected chi connectivity index (χ1v) is 8.43. The zero-order chi connectivity index (χ0) is 15.7. The standard InChI is InChI=1S/C18H26N2O2/c1-3-17(21)19-9-11-5-14-12-7-13(10-20-18(22)4-2)15(8-12)16(14)6-11/h3-4,11-16H,1-2,5-10H2,(H,19,21)(H,20,22). The van der Waals surface area contributed by atoms with Crippen molar-refractivity contribution in [2.75, 3.05) is 13.1 Å². The van der Waals surface area contributed by atoms with E-state index in [-0.39, 0.29) is 11.8 Å². The molecule has 6 atom stereocenters. The van der Waals surface area contributed by atoms with Gasteiger partial charge in [0.15, 0.2) is 0 Å². The van der Waals surface area contributed by atoms with E-state index in [2.05, 4.69) is 23.8 Å². The minimum absolute atomic E-state index is 0.0595. The van der Waals surface area contributed by atoms with Crippen LogP contribution in [0.3, 0.4) is 0 Å². The van der Waals surface area contributed by atoms with Crippen molar-refractivity contribution in [3.63, 3.8) is 0 Å². The highest BCUT2D eigenvalue weighted by molar-refractivity contribution is 5.87. The van der Waals surface area contributed by atoms with Gasteiger partial charge in [-0.15, -0.1) is 0 Å². The molecule has 3 saturated carbocycles. The van der Waals surface area contributed by atoms with Crippen molar-refractivity contribution >= 4 is 11.8 Å². The highest BCUT2D eigenvalue weighted by atomic mass is 16.2. The fourth-order valence-electron chi connectivity index (χ4n) is 5.35. The Morgan fingerprint density at radius 2 is 1.50 bits per heavy atom. The molecule has 2 amide bonds. The third-order valence-corrected chi connectivity index (χ3v) is 6.18. The normalized spacial score (nSPS) is 38.4. The molecule has 0 aromatic rings. The highest BCUT2D eigenvalue weighted by Gasteiger charge is 2.55. The second kappa shape index (κ2) is 6.27. The number of amides is 2. The molecule has 0 aliphatic heterocycles. The van der Waals surface area contributed by atoms with Gasteiger partial charge in [-0.1, -0.05) is 13.2 Å². The van der Waals surface area contributed by atoms with Crippen LogP contribution < -0.4 is 10.6 Å². The summed E-state index contributed by atoms with van der Waals surface area (Å²) in [5.74, 6) is 4.38. The van der Waals surface area contributed by atoms with Crippen molar-refractivity contribution in [3.8, 4) is 0 Å². The van der Waals surface area contributed by atoms with Gasteiger partial charge in [0.1, 0.15) is 0 Å². The molecule has 3 aliphatic carbocycles. The van der Waals surface area contributed by atoms with Crippen LogP contribution in [0, 0.1) is 35.5 Å². The molecule has 0 radical (unpaired) electrons. The van der Waals surface area contributed by atoms with Crippen molar-refractivity contribution in [3.05, 3.63) is 25.3 Å². The zero-order valence-electron chi connectivity index (χ0n) is 13.1. The molecule has 4 nitrogen and oxygen atoms in total. The number of hydrogen-bond donors (Lipinski definition) is 2. The van der Waals surface area contributed by atoms with Gasteiger partial charge < -0.3 is 10.6 Å². The Kier molecular flexibility index (Phi) is 4.37. The lowest BCUT2D eigenvalue weighted by molar-refractivity contribution is -0.117. The maximum absolute atomic E-state index is 11.4. The van der Waals surface area contributed by atoms with E-state index in [1.54, 1.807) is 0 Å². The van der Waals surface area contributed by atoms with Crippen LogP contribution in [0.1, 0.15) is 25.7 Å². The Labute approximate surface area is 132 Å². The van der Waals surface area contributed by atoms with Gasteiger partial charge in [0.2, 0.25) is 11.8 Å². The first-order chi connectivity index (χ1) is 10.6. The van der Waals surface area contributed by atoms with E-state index in [4.69, 9.17) is 0 Å². The molecule has 0 aromatic carbocycles. The van der Waals surface area contributed by atoms with Crippen molar-refractivity contribution in [1.29, 1.82) is 0 Å². The second-order valence-electron chi connectivity index (χ2n) is 7.22. The molecule has 3 fully saturated rings. The van der Waals surface area contributed by atoms with Crippen LogP contribution in [0.4, 0.5) is 0 Å². The average Bonchev–Trinajstić information content (AvgIpc) is 3.20. The Balaban J connectivity index is 1.51. The highest BCUT2D eigenvalue weighted by Crippen LogP contribution is 2.61. The van der Waals surface area contributed by atoms with Crippen LogP contribution in [0.15, 0.2) is 25.3 Å². The number of hydrogen-bond acceptors (Lipinski definition) is 2. The SMILES string of the molecule is C=CC(=O)NCC1CC2C3CC(CNC(=O)C=C)C(C3)C2C1. The Hall–Kier alpha value is -1.58. The molecule has 3 rings (SSSR count). The summed E-state index contributed by atoms with van der Waals surface area (Å²) in [6, 6.07) is 0. The molecule has 2 bridgehead atoms. The van der Waals surface area contributed by atoms with Gasteiger partial charge >= 0.3 is 0 Å². The van der Waals surface area contributed by atoms with Gasteiger partial charge in [-0.3, -0.25) is 9.59 Å². The molecule has 3 aliphatic rings. The topological polar surface area (TPSA) is 58.2 Å². The molecule has 2 N–H and O–H groups in total. The van der Waals surface area contributed by atoms with E-state index in [1.807, 2.05) is 0 Å². The van der Waals surface area contributed by atoms with Crippen molar-refractivity contribution < 1.29 is 9.59 Å². The van der Waals surface area contributed by atoms with E-state index in [0.717, 1.165) is 36.8 Å². The van der Waals surface area contributed by atoms with Crippen molar-refractivity contribution in [2.45, 2.75) is 25.7 Å². The van der Waals surface area contributed by atoms with Crippen LogP contribution >= 0.6 is 0 Å². The number of nitrogens with one attached hydrogen (secondary N) is 2. The average molecular weight is 302 g/mol. The smallest absolute Gasteiger partial charge is 0.243 e. The summed E-state index contributed by atoms with van der Waals surface area (Å²) < 4.78 is 0. The van der Waals surface area contributed by atoms with E-state index in [1.165, 1.54) is 37.8 Å². The molecule has 0 aromatic heterocycles. The second-order valence-corrected chi connectivity index (χ2v) is 7.22. The Morgan fingerprint density at radius 3 is 2.18 bits per heavy atom. The fourth-order valence-corrected chi connectivity index (χ4v) is 5.35. The third kappa shape index (κ3) is 2.83. The van der Waals surface area contributed by atoms with Crippen LogP contribution in [0.2, 0.25) is 0 Å². The largest absolute Gasteiger partial charge is 0.352 e. The molecular formula is C18H26N2O2. The lowest BCUT2D eigenvalue weighted by atomic mass is 9.76. The van der Waals surface area contributed by atoms with Crippen LogP contribution in [-0.4, -0.2) is 24.9 Å². The van der Waals surface area contributed by atoms with Crippen LogP contribution in [0.25, 0.3) is 0 Å². The molecule has 0 saturated heterocycles. The van der Waals surface area contributed by atoms with E-state index in [9.17, 15) is 9.59 Å². The molecule has 0 heterocycles. The minimum atomic E-state index is -0.0648. The number of carbonyl (C=O) groups excluding carboxylic acids is 2. The van der Waals surface area contributed by atoms with Gasteiger partial charge in [0.05, 0.1) is 0 Å². The Bertz CT molecular complexity index is 487. The zero-order valence-corrected chi connectivity index (χ0v) is 13.1. The van der Waals surface area contributed by atoms with Gasteiger partial charge in [-0.05, 0) is 73.3 Å². The first-order valence-electron chi connectivity index (χ1n) is 8.43. The van der Waals surface area contributed by atoms with Crippen molar-refractivity contribution in [2.24, 2.45) is 35.5 Å². The minimum Gasteiger partial charge on any atom is -0.352 e. The summed E-state index contributed by atoms with van der Waals surface area (Å²) >= 11 is 0. The molecule has 120 valence electrons. The monoisotopic (exact) mass is 302 g/mol. The predicted molar refractivity (Wildman–Crippen MR) is 85.8 cm³/mol. The number of rotatable bonds is 6. The van der Waals surface area contributed by atoms with E-state index >= 15 is 0 Å². The predicted octanol–water partition coefficient (Wildman–Crippen LogP) is 1.89. The lowest BCUT2D eigenvalue weighted by Crippen LogP contribution is -2.34. The summed E-state index contributed by atoms with van der Waals surface area (Å²) in [4.78, 5) is 22.7. The van der Waals surface area contributed by atoms with E-state index in [0.29, 0.717) is 11.8 Å². The Morgan fingerprint density at radius 1 is 0.864 bits per heavy atom. The molecule has 0 spiro atoms. The van der Waals surface area contributed by atoms with E-state index < -0.39 is 0 Å². The summed E-state index contributed by atoms with van der Waals surface area (Å²) in [5.41, 5.74) is 0. The molecule has 22 heavy (non-hydrogen) atoms. The molecule has 6 unspecified atom stereocenters. The number of fused-ring (bicyclic) bond motifs is 5. The quantitative estimate of drug-likeness (QED) is 0.736.